The predicted octanol–water partition coefficient (Wildman–Crippen LogP) is 2.45. The molecule has 0 aromatic heterocycles. The van der Waals surface area contributed by atoms with Gasteiger partial charge in [-0.1, -0.05) is 13.8 Å². The van der Waals surface area contributed by atoms with Gasteiger partial charge in [-0.2, -0.15) is 0 Å². The summed E-state index contributed by atoms with van der Waals surface area (Å²) in [5.41, 5.74) is 0. The summed E-state index contributed by atoms with van der Waals surface area (Å²) in [5, 5.41) is 0. The normalized spacial score (nSPS) is 40.2. The Balaban J connectivity index is 1.48. The molecular weight excluding hydrogens is 208 g/mol. The molecule has 3 aliphatic rings. The molecule has 0 spiro atoms. The molecule has 0 radical (unpaired) electrons. The molecule has 98 valence electrons. The fraction of sp³-hybridized carbons (Fsp3) is 1.00. The minimum absolute atomic E-state index is 0.943. The van der Waals surface area contributed by atoms with E-state index in [0.29, 0.717) is 0 Å². The van der Waals surface area contributed by atoms with Crippen molar-refractivity contribution >= 4 is 0 Å². The van der Waals surface area contributed by atoms with Crippen molar-refractivity contribution in [1.29, 1.82) is 0 Å². The van der Waals surface area contributed by atoms with Gasteiger partial charge in [-0.3, -0.25) is 0 Å². The molecule has 0 amide bonds. The molecule has 2 aliphatic heterocycles. The van der Waals surface area contributed by atoms with Crippen LogP contribution in [0.25, 0.3) is 0 Å². The van der Waals surface area contributed by atoms with E-state index in [-0.39, 0.29) is 0 Å². The van der Waals surface area contributed by atoms with Gasteiger partial charge in [0.05, 0.1) is 0 Å². The van der Waals surface area contributed by atoms with Crippen LogP contribution in [0.2, 0.25) is 0 Å². The summed E-state index contributed by atoms with van der Waals surface area (Å²) in [4.78, 5) is 5.46. The van der Waals surface area contributed by atoms with Crippen molar-refractivity contribution in [3.8, 4) is 0 Å². The molecule has 2 nitrogen and oxygen atoms in total. The molecule has 2 heterocycles. The lowest BCUT2D eigenvalue weighted by Crippen LogP contribution is -2.42. The summed E-state index contributed by atoms with van der Waals surface area (Å²) in [5.74, 6) is 3.03. The van der Waals surface area contributed by atoms with Crippen LogP contribution < -0.4 is 0 Å². The maximum absolute atomic E-state index is 2.75. The molecule has 0 aromatic rings. The Morgan fingerprint density at radius 3 is 2.47 bits per heavy atom. The van der Waals surface area contributed by atoms with Gasteiger partial charge in [-0.05, 0) is 63.1 Å². The van der Waals surface area contributed by atoms with Crippen molar-refractivity contribution < 1.29 is 0 Å². The van der Waals surface area contributed by atoms with Gasteiger partial charge in [-0.15, -0.1) is 0 Å². The molecule has 3 fully saturated rings. The minimum atomic E-state index is 0.943. The van der Waals surface area contributed by atoms with Gasteiger partial charge in [-0.25, -0.2) is 0 Å². The zero-order valence-electron chi connectivity index (χ0n) is 11.6. The molecule has 2 saturated heterocycles. The number of fused-ring (bicyclic) bond motifs is 2. The molecule has 3 rings (SSSR count). The zero-order valence-corrected chi connectivity index (χ0v) is 11.6. The first-order chi connectivity index (χ1) is 8.26. The summed E-state index contributed by atoms with van der Waals surface area (Å²) in [6, 6.07) is 0.943. The maximum atomic E-state index is 2.75. The van der Waals surface area contributed by atoms with Crippen molar-refractivity contribution in [2.45, 2.75) is 45.6 Å². The van der Waals surface area contributed by atoms with Crippen molar-refractivity contribution in [3.63, 3.8) is 0 Å². The van der Waals surface area contributed by atoms with Crippen LogP contribution in [0.5, 0.6) is 0 Å². The summed E-state index contributed by atoms with van der Waals surface area (Å²) >= 11 is 0. The third kappa shape index (κ3) is 2.39. The van der Waals surface area contributed by atoms with Crippen molar-refractivity contribution in [2.24, 2.45) is 17.8 Å². The number of likely N-dealkylation sites (tertiary alicyclic amines) is 2. The number of piperidine rings is 2. The number of rotatable bonds is 3. The Hall–Kier alpha value is -0.0800. The summed E-state index contributed by atoms with van der Waals surface area (Å²) in [6.45, 7) is 11.5. The largest absolute Gasteiger partial charge is 0.303 e. The smallest absolute Gasteiger partial charge is 0.0102 e. The number of hydrogen-bond acceptors (Lipinski definition) is 2. The molecule has 1 aliphatic carbocycles. The predicted molar refractivity (Wildman–Crippen MR) is 72.1 cm³/mol. The maximum Gasteiger partial charge on any atom is 0.0102 e. The van der Waals surface area contributed by atoms with Gasteiger partial charge in [0, 0.05) is 19.1 Å². The van der Waals surface area contributed by atoms with Gasteiger partial charge in [0.15, 0.2) is 0 Å². The van der Waals surface area contributed by atoms with E-state index < -0.39 is 0 Å². The lowest BCUT2D eigenvalue weighted by molar-refractivity contribution is 0.118. The van der Waals surface area contributed by atoms with E-state index in [4.69, 9.17) is 0 Å². The second kappa shape index (κ2) is 4.89. The molecule has 17 heavy (non-hydrogen) atoms. The minimum Gasteiger partial charge on any atom is -0.303 e. The Kier molecular flexibility index (Phi) is 3.45. The molecule has 1 saturated carbocycles. The molecule has 3 atom stereocenters. The molecule has 2 bridgehead atoms. The second-order valence-corrected chi connectivity index (χ2v) is 6.72. The first kappa shape index (κ1) is 12.0. The highest BCUT2D eigenvalue weighted by atomic mass is 15.2. The SMILES string of the molecule is CCN1CC2CC1CC2CN1CCC(C)CC1. The van der Waals surface area contributed by atoms with Crippen LogP contribution >= 0.6 is 0 Å². The van der Waals surface area contributed by atoms with Crippen LogP contribution in [-0.4, -0.2) is 48.6 Å². The van der Waals surface area contributed by atoms with Crippen LogP contribution in [0.15, 0.2) is 0 Å². The van der Waals surface area contributed by atoms with Gasteiger partial charge in [0.1, 0.15) is 0 Å². The van der Waals surface area contributed by atoms with E-state index in [1.165, 1.54) is 58.4 Å². The Morgan fingerprint density at radius 2 is 1.88 bits per heavy atom. The van der Waals surface area contributed by atoms with Gasteiger partial charge in [0.2, 0.25) is 0 Å². The summed E-state index contributed by atoms with van der Waals surface area (Å²) in [6.07, 6.45) is 5.86. The quantitative estimate of drug-likeness (QED) is 0.742. The topological polar surface area (TPSA) is 6.48 Å². The lowest BCUT2D eigenvalue weighted by atomic mass is 9.92. The molecule has 0 aromatic carbocycles. The summed E-state index contributed by atoms with van der Waals surface area (Å²) in [7, 11) is 0. The monoisotopic (exact) mass is 236 g/mol. The fourth-order valence-corrected chi connectivity index (χ4v) is 4.34. The highest BCUT2D eigenvalue weighted by molar-refractivity contribution is 4.97. The number of nitrogens with zero attached hydrogens (tertiary/aromatic N) is 2. The van der Waals surface area contributed by atoms with E-state index in [1.807, 2.05) is 0 Å². The van der Waals surface area contributed by atoms with Crippen LogP contribution in [0.4, 0.5) is 0 Å². The van der Waals surface area contributed by atoms with Gasteiger partial charge in [0.25, 0.3) is 0 Å². The zero-order chi connectivity index (χ0) is 11.8. The van der Waals surface area contributed by atoms with Crippen molar-refractivity contribution in [3.05, 3.63) is 0 Å². The summed E-state index contributed by atoms with van der Waals surface area (Å²) < 4.78 is 0. The van der Waals surface area contributed by atoms with E-state index in [9.17, 15) is 0 Å². The van der Waals surface area contributed by atoms with Crippen LogP contribution in [0.1, 0.15) is 39.5 Å². The van der Waals surface area contributed by atoms with E-state index >= 15 is 0 Å². The third-order valence-electron chi connectivity index (χ3n) is 5.58. The molecule has 0 N–H and O–H groups in total. The lowest BCUT2D eigenvalue weighted by Gasteiger charge is -2.36. The molecule has 2 heteroatoms. The Morgan fingerprint density at radius 1 is 1.12 bits per heavy atom. The van der Waals surface area contributed by atoms with Crippen molar-refractivity contribution in [2.75, 3.05) is 32.7 Å². The van der Waals surface area contributed by atoms with Crippen LogP contribution in [0.3, 0.4) is 0 Å². The standard InChI is InChI=1S/C15H28N2/c1-3-17-11-14-9-15(17)8-13(14)10-16-6-4-12(2)5-7-16/h12-15H,3-11H2,1-2H3. The van der Waals surface area contributed by atoms with Crippen molar-refractivity contribution in [1.82, 2.24) is 9.80 Å². The van der Waals surface area contributed by atoms with E-state index in [2.05, 4.69) is 23.6 Å². The highest BCUT2D eigenvalue weighted by Crippen LogP contribution is 2.42. The van der Waals surface area contributed by atoms with Crippen LogP contribution in [-0.2, 0) is 0 Å². The highest BCUT2D eigenvalue weighted by Gasteiger charge is 2.44. The number of hydrogen-bond donors (Lipinski definition) is 0. The van der Waals surface area contributed by atoms with Gasteiger partial charge >= 0.3 is 0 Å². The van der Waals surface area contributed by atoms with Crippen LogP contribution in [0, 0.1) is 17.8 Å². The first-order valence-electron chi connectivity index (χ1n) is 7.72. The van der Waals surface area contributed by atoms with E-state index in [1.54, 1.807) is 0 Å². The third-order valence-corrected chi connectivity index (χ3v) is 5.58. The molecule has 3 unspecified atom stereocenters. The van der Waals surface area contributed by atoms with E-state index in [0.717, 1.165) is 23.8 Å². The first-order valence-corrected chi connectivity index (χ1v) is 7.72. The average Bonchev–Trinajstić information content (AvgIpc) is 2.91. The molecular formula is C15H28N2. The Labute approximate surface area is 106 Å². The average molecular weight is 236 g/mol. The fourth-order valence-electron chi connectivity index (χ4n) is 4.34. The van der Waals surface area contributed by atoms with Gasteiger partial charge < -0.3 is 9.80 Å². The second-order valence-electron chi connectivity index (χ2n) is 6.72. The Bertz CT molecular complexity index is 258.